The van der Waals surface area contributed by atoms with E-state index >= 15 is 0 Å². The van der Waals surface area contributed by atoms with Crippen molar-refractivity contribution in [1.82, 2.24) is 15.6 Å². The number of carbonyl (C=O) groups excluding carboxylic acids is 1. The van der Waals surface area contributed by atoms with Crippen molar-refractivity contribution in [2.75, 3.05) is 31.1 Å². The van der Waals surface area contributed by atoms with Gasteiger partial charge in [-0.05, 0) is 31.1 Å². The number of allylic oxidation sites excluding steroid dienone is 2. The Morgan fingerprint density at radius 2 is 2.13 bits per heavy atom. The number of aliphatic imine (C=N–C) groups is 1. The molecule has 0 aliphatic carbocycles. The summed E-state index contributed by atoms with van der Waals surface area (Å²) in [4.78, 5) is 23.1. The maximum Gasteiger partial charge on any atom is 0.246 e. The minimum absolute atomic E-state index is 0.143. The predicted octanol–water partition coefficient (Wildman–Crippen LogP) is 3.64. The molecular formula is C21H26ClF2N5O. The van der Waals surface area contributed by atoms with Gasteiger partial charge in [-0.25, -0.2) is 18.8 Å². The molecule has 2 N–H and O–H groups in total. The van der Waals surface area contributed by atoms with Crippen LogP contribution in [0, 0.1) is 5.92 Å². The number of hydrogen-bond acceptors (Lipinski definition) is 5. The average molecular weight is 438 g/mol. The molecule has 2 aliphatic rings. The molecule has 1 aromatic heterocycles. The molecule has 0 spiro atoms. The van der Waals surface area contributed by atoms with Crippen molar-refractivity contribution in [3.05, 3.63) is 40.7 Å². The Hall–Kier alpha value is -2.32. The molecule has 0 saturated carbocycles. The number of alkyl halides is 2. The van der Waals surface area contributed by atoms with E-state index in [2.05, 4.69) is 20.5 Å². The van der Waals surface area contributed by atoms with Crippen LogP contribution >= 0.6 is 11.6 Å². The quantitative estimate of drug-likeness (QED) is 0.737. The van der Waals surface area contributed by atoms with Crippen molar-refractivity contribution in [2.45, 2.75) is 33.1 Å². The van der Waals surface area contributed by atoms with Crippen LogP contribution in [0.25, 0.3) is 5.57 Å². The number of aromatic nitrogens is 1. The first kappa shape index (κ1) is 22.4. The number of nitrogens with one attached hydrogen (secondary N) is 2. The first-order chi connectivity index (χ1) is 14.4. The number of piperazine rings is 1. The molecule has 2 aliphatic heterocycles. The van der Waals surface area contributed by atoms with E-state index in [0.717, 1.165) is 32.6 Å². The summed E-state index contributed by atoms with van der Waals surface area (Å²) in [6, 6.07) is 3.44. The number of hydrogen-bond donors (Lipinski definition) is 2. The van der Waals surface area contributed by atoms with Crippen LogP contribution in [0.4, 0.5) is 14.6 Å². The van der Waals surface area contributed by atoms with E-state index in [9.17, 15) is 13.6 Å². The van der Waals surface area contributed by atoms with Crippen molar-refractivity contribution in [1.29, 1.82) is 0 Å². The largest absolute Gasteiger partial charge is 0.354 e. The lowest BCUT2D eigenvalue weighted by Gasteiger charge is -2.30. The topological polar surface area (TPSA) is 69.6 Å². The van der Waals surface area contributed by atoms with Crippen LogP contribution in [-0.4, -0.2) is 49.3 Å². The average Bonchev–Trinajstić information content (AvgIpc) is 2.73. The summed E-state index contributed by atoms with van der Waals surface area (Å²) in [5.74, 6) is -0.877. The molecule has 0 bridgehead atoms. The van der Waals surface area contributed by atoms with Crippen molar-refractivity contribution >= 4 is 34.7 Å². The molecular weight excluding hydrogens is 412 g/mol. The number of piperidine rings is 1. The monoisotopic (exact) mass is 437 g/mol. The van der Waals surface area contributed by atoms with E-state index in [0.29, 0.717) is 27.7 Å². The van der Waals surface area contributed by atoms with Gasteiger partial charge in [-0.3, -0.25) is 4.79 Å². The van der Waals surface area contributed by atoms with Crippen LogP contribution in [-0.2, 0) is 4.79 Å². The summed E-state index contributed by atoms with van der Waals surface area (Å²) in [6.07, 6.45) is 1.05. The highest BCUT2D eigenvalue weighted by molar-refractivity contribution is 6.31. The van der Waals surface area contributed by atoms with Crippen LogP contribution in [0.3, 0.4) is 0 Å². The van der Waals surface area contributed by atoms with Gasteiger partial charge in [-0.1, -0.05) is 24.6 Å². The second kappa shape index (κ2) is 10.1. The van der Waals surface area contributed by atoms with E-state index in [1.807, 2.05) is 6.92 Å². The second-order valence-electron chi connectivity index (χ2n) is 7.27. The summed E-state index contributed by atoms with van der Waals surface area (Å²) in [7, 11) is 0. The normalized spacial score (nSPS) is 23.4. The smallest absolute Gasteiger partial charge is 0.246 e. The van der Waals surface area contributed by atoms with Crippen molar-refractivity contribution < 1.29 is 13.6 Å². The molecule has 1 aromatic rings. The molecule has 30 heavy (non-hydrogen) atoms. The van der Waals surface area contributed by atoms with E-state index in [4.69, 9.17) is 16.6 Å². The Morgan fingerprint density at radius 3 is 2.80 bits per heavy atom. The first-order valence-electron chi connectivity index (χ1n) is 10.1. The highest BCUT2D eigenvalue weighted by atomic mass is 35.5. The SMILES string of the molecule is CC/C=C/N=C1\NC(=O)CC(C(F)F)\C1=C(\C)c1cc(Cl)cc(N2CCNCC2)n1. The van der Waals surface area contributed by atoms with Crippen molar-refractivity contribution in [3.63, 3.8) is 0 Å². The van der Waals surface area contributed by atoms with Gasteiger partial charge in [0.2, 0.25) is 12.3 Å². The van der Waals surface area contributed by atoms with Crippen LogP contribution in [0.1, 0.15) is 32.4 Å². The number of anilines is 1. The van der Waals surface area contributed by atoms with Crippen molar-refractivity contribution in [2.24, 2.45) is 10.9 Å². The van der Waals surface area contributed by atoms with Gasteiger partial charge in [0.1, 0.15) is 11.7 Å². The highest BCUT2D eigenvalue weighted by Gasteiger charge is 2.36. The van der Waals surface area contributed by atoms with Gasteiger partial charge in [0.05, 0.1) is 11.6 Å². The summed E-state index contributed by atoms with van der Waals surface area (Å²) in [5.41, 5.74) is 1.33. The van der Waals surface area contributed by atoms with Gasteiger partial charge >= 0.3 is 0 Å². The van der Waals surface area contributed by atoms with Gasteiger partial charge in [-0.2, -0.15) is 0 Å². The van der Waals surface area contributed by atoms with Crippen molar-refractivity contribution in [3.8, 4) is 0 Å². The maximum absolute atomic E-state index is 13.9. The molecule has 9 heteroatoms. The Morgan fingerprint density at radius 1 is 1.40 bits per heavy atom. The maximum atomic E-state index is 13.9. The van der Waals surface area contributed by atoms with Gasteiger partial charge in [-0.15, -0.1) is 0 Å². The first-order valence-corrected chi connectivity index (χ1v) is 10.4. The standard InChI is InChI=1S/C21H26ClF2N5O/c1-3-4-5-26-21-19(15(20(23)24)12-18(30)28-21)13(2)16-10-14(22)11-17(27-16)29-8-6-25-7-9-29/h4-5,10-11,15,20,25H,3,6-9,12H2,1-2H3,(H,26,28,30)/b5-4+,19-13+. The van der Waals surface area contributed by atoms with Crippen LogP contribution in [0.5, 0.6) is 0 Å². The lowest BCUT2D eigenvalue weighted by Crippen LogP contribution is -2.44. The summed E-state index contributed by atoms with van der Waals surface area (Å²) < 4.78 is 27.8. The number of carbonyl (C=O) groups is 1. The van der Waals surface area contributed by atoms with Crippen LogP contribution in [0.2, 0.25) is 5.02 Å². The van der Waals surface area contributed by atoms with E-state index in [1.54, 1.807) is 25.1 Å². The zero-order valence-corrected chi connectivity index (χ0v) is 17.8. The van der Waals surface area contributed by atoms with Gasteiger partial charge < -0.3 is 15.5 Å². The molecule has 1 amide bonds. The molecule has 6 nitrogen and oxygen atoms in total. The van der Waals surface area contributed by atoms with Crippen LogP contribution in [0.15, 0.2) is 35.0 Å². The second-order valence-corrected chi connectivity index (χ2v) is 7.70. The molecule has 2 fully saturated rings. The summed E-state index contributed by atoms with van der Waals surface area (Å²) in [5, 5.41) is 6.40. The Kier molecular flexibility index (Phi) is 7.55. The molecule has 3 heterocycles. The van der Waals surface area contributed by atoms with Crippen LogP contribution < -0.4 is 15.5 Å². The van der Waals surface area contributed by atoms with Gasteiger partial charge in [0.15, 0.2) is 0 Å². The van der Waals surface area contributed by atoms with E-state index in [1.165, 1.54) is 6.20 Å². The Balaban J connectivity index is 2.09. The fourth-order valence-corrected chi connectivity index (χ4v) is 3.80. The van der Waals surface area contributed by atoms with E-state index in [-0.39, 0.29) is 12.3 Å². The lowest BCUT2D eigenvalue weighted by atomic mass is 9.86. The minimum Gasteiger partial charge on any atom is -0.354 e. The number of nitrogens with zero attached hydrogens (tertiary/aromatic N) is 3. The minimum atomic E-state index is -2.70. The molecule has 162 valence electrons. The Bertz CT molecular complexity index is 878. The molecule has 0 aromatic carbocycles. The lowest BCUT2D eigenvalue weighted by molar-refractivity contribution is -0.122. The number of rotatable bonds is 5. The number of halogens is 3. The summed E-state index contributed by atoms with van der Waals surface area (Å²) >= 11 is 6.35. The fraction of sp³-hybridized carbons (Fsp3) is 0.476. The number of amidine groups is 1. The van der Waals surface area contributed by atoms with E-state index < -0.39 is 18.3 Å². The van der Waals surface area contributed by atoms with Gasteiger partial charge in [0, 0.05) is 49.4 Å². The fourth-order valence-electron chi connectivity index (χ4n) is 3.60. The number of amides is 1. The Labute approximate surface area is 180 Å². The van der Waals surface area contributed by atoms with Gasteiger partial charge in [0.25, 0.3) is 0 Å². The predicted molar refractivity (Wildman–Crippen MR) is 116 cm³/mol. The molecule has 3 rings (SSSR count). The molecule has 1 atom stereocenters. The molecule has 2 saturated heterocycles. The zero-order valence-electron chi connectivity index (χ0n) is 17.1. The highest BCUT2D eigenvalue weighted by Crippen LogP contribution is 2.34. The third kappa shape index (κ3) is 5.23. The molecule has 1 unspecified atom stereocenters. The zero-order chi connectivity index (χ0) is 21.7. The third-order valence-electron chi connectivity index (χ3n) is 5.14. The molecule has 0 radical (unpaired) electrons. The third-order valence-corrected chi connectivity index (χ3v) is 5.36. The number of pyridine rings is 1. The summed E-state index contributed by atoms with van der Waals surface area (Å²) in [6.45, 7) is 6.90.